The Bertz CT molecular complexity index is 504. The highest BCUT2D eigenvalue weighted by atomic mass is 127. The topological polar surface area (TPSA) is 34.1 Å². The van der Waals surface area contributed by atoms with Gasteiger partial charge in [0.25, 0.3) is 0 Å². The first-order valence-corrected chi connectivity index (χ1v) is 7.28. The molecule has 0 N–H and O–H groups in total. The molecule has 0 saturated heterocycles. The van der Waals surface area contributed by atoms with Crippen LogP contribution in [-0.2, 0) is 9.59 Å². The van der Waals surface area contributed by atoms with Gasteiger partial charge in [0.05, 0.1) is 0 Å². The summed E-state index contributed by atoms with van der Waals surface area (Å²) < 4.78 is 1.89. The molecule has 0 bridgehead atoms. The van der Waals surface area contributed by atoms with Gasteiger partial charge in [-0.2, -0.15) is 0 Å². The average molecular weight is 354 g/mol. The van der Waals surface area contributed by atoms with Crippen LogP contribution >= 0.6 is 22.6 Å². The van der Waals surface area contributed by atoms with Crippen molar-refractivity contribution in [3.8, 4) is 0 Å². The van der Waals surface area contributed by atoms with Crippen molar-refractivity contribution in [2.45, 2.75) is 26.2 Å². The fourth-order valence-electron chi connectivity index (χ4n) is 2.73. The molecule has 0 heterocycles. The lowest BCUT2D eigenvalue weighted by atomic mass is 9.72. The van der Waals surface area contributed by atoms with E-state index in [1.54, 1.807) is 0 Å². The van der Waals surface area contributed by atoms with E-state index < -0.39 is 5.41 Å². The second kappa shape index (κ2) is 5.34. The maximum Gasteiger partial charge on any atom is 0.150 e. The fourth-order valence-corrected chi connectivity index (χ4v) is 3.63. The summed E-state index contributed by atoms with van der Waals surface area (Å²) in [4.78, 5) is 24.3. The van der Waals surface area contributed by atoms with E-state index in [1.165, 1.54) is 6.92 Å². The minimum atomic E-state index is -0.900. The molecule has 0 aliphatic heterocycles. The molecule has 1 fully saturated rings. The van der Waals surface area contributed by atoms with Gasteiger partial charge >= 0.3 is 0 Å². The van der Waals surface area contributed by atoms with E-state index in [0.717, 1.165) is 17.6 Å². The zero-order valence-electron chi connectivity index (χ0n) is 10.3. The number of carbonyl (C=O) groups is 2. The van der Waals surface area contributed by atoms with Crippen LogP contribution in [0.15, 0.2) is 34.4 Å². The largest absolute Gasteiger partial charge is 0.299 e. The first-order chi connectivity index (χ1) is 8.63. The van der Waals surface area contributed by atoms with Crippen molar-refractivity contribution in [2.75, 3.05) is 0 Å². The third kappa shape index (κ3) is 2.05. The van der Waals surface area contributed by atoms with Gasteiger partial charge in [0.2, 0.25) is 0 Å². The number of rotatable bonds is 3. The van der Waals surface area contributed by atoms with Gasteiger partial charge in [0.15, 0.2) is 5.78 Å². The zero-order valence-corrected chi connectivity index (χ0v) is 12.4. The third-order valence-corrected chi connectivity index (χ3v) is 4.31. The van der Waals surface area contributed by atoms with E-state index in [4.69, 9.17) is 0 Å². The highest BCUT2D eigenvalue weighted by Gasteiger charge is 2.49. The highest BCUT2D eigenvalue weighted by molar-refractivity contribution is 14.1. The third-order valence-electron chi connectivity index (χ3n) is 3.69. The normalized spacial score (nSPS) is 24.3. The number of allylic oxidation sites excluding steroid dienone is 1. The molecule has 94 valence electrons. The van der Waals surface area contributed by atoms with Gasteiger partial charge < -0.3 is 0 Å². The van der Waals surface area contributed by atoms with Gasteiger partial charge in [0, 0.05) is 6.42 Å². The van der Waals surface area contributed by atoms with Crippen LogP contribution in [0.2, 0.25) is 0 Å². The summed E-state index contributed by atoms with van der Waals surface area (Å²) in [5.41, 5.74) is 0.929. The van der Waals surface area contributed by atoms with E-state index in [0.29, 0.717) is 12.8 Å². The van der Waals surface area contributed by atoms with Crippen LogP contribution in [-0.4, -0.2) is 11.6 Å². The maximum absolute atomic E-state index is 12.2. The number of Topliss-reactive ketones (excluding diaryl/α,β-unsaturated/α-hetero) is 2. The Hall–Kier alpha value is -0.970. The van der Waals surface area contributed by atoms with Crippen LogP contribution in [0.5, 0.6) is 0 Å². The minimum Gasteiger partial charge on any atom is -0.299 e. The average Bonchev–Trinajstić information content (AvgIpc) is 2.75. The molecule has 0 aromatic heterocycles. The van der Waals surface area contributed by atoms with E-state index in [-0.39, 0.29) is 11.6 Å². The summed E-state index contributed by atoms with van der Waals surface area (Å²) in [5, 5.41) is 0. The van der Waals surface area contributed by atoms with Crippen LogP contribution < -0.4 is 0 Å². The van der Waals surface area contributed by atoms with E-state index >= 15 is 0 Å². The molecule has 1 unspecified atom stereocenters. The van der Waals surface area contributed by atoms with Crippen LogP contribution in [0, 0.1) is 5.41 Å². The first-order valence-electron chi connectivity index (χ1n) is 6.03. The lowest BCUT2D eigenvalue weighted by Crippen LogP contribution is -2.34. The molecule has 1 atom stereocenters. The Morgan fingerprint density at radius 1 is 1.33 bits per heavy atom. The molecule has 18 heavy (non-hydrogen) atoms. The number of halogens is 1. The van der Waals surface area contributed by atoms with Gasteiger partial charge in [-0.3, -0.25) is 9.59 Å². The van der Waals surface area contributed by atoms with E-state index in [9.17, 15) is 9.59 Å². The SMILES string of the molecule is CC(=O)C1(/C(=C/I)c2ccccc2)CCCC1=O. The highest BCUT2D eigenvalue weighted by Crippen LogP contribution is 2.47. The summed E-state index contributed by atoms with van der Waals surface area (Å²) in [6.07, 6.45) is 1.96. The molecule has 1 aliphatic rings. The molecule has 1 aromatic rings. The second-order valence-electron chi connectivity index (χ2n) is 4.63. The smallest absolute Gasteiger partial charge is 0.150 e. The van der Waals surface area contributed by atoms with Gasteiger partial charge in [0.1, 0.15) is 11.2 Å². The Morgan fingerprint density at radius 3 is 2.44 bits per heavy atom. The number of hydrogen-bond donors (Lipinski definition) is 0. The Labute approximate surface area is 121 Å². The number of hydrogen-bond acceptors (Lipinski definition) is 2. The van der Waals surface area contributed by atoms with Crippen molar-refractivity contribution in [1.82, 2.24) is 0 Å². The molecule has 0 spiro atoms. The van der Waals surface area contributed by atoms with Gasteiger partial charge in [-0.25, -0.2) is 0 Å². The molecule has 3 heteroatoms. The Kier molecular flexibility index (Phi) is 4.00. The molecule has 0 radical (unpaired) electrons. The Balaban J connectivity index is 2.55. The second-order valence-corrected chi connectivity index (χ2v) is 5.25. The summed E-state index contributed by atoms with van der Waals surface area (Å²) in [5.74, 6) is 0.0403. The van der Waals surface area contributed by atoms with Crippen molar-refractivity contribution < 1.29 is 9.59 Å². The van der Waals surface area contributed by atoms with Crippen molar-refractivity contribution in [3.05, 3.63) is 40.0 Å². The van der Waals surface area contributed by atoms with Crippen LogP contribution in [0.25, 0.3) is 5.57 Å². The molecule has 0 amide bonds. The summed E-state index contributed by atoms with van der Waals surface area (Å²) >= 11 is 2.13. The summed E-state index contributed by atoms with van der Waals surface area (Å²) in [6.45, 7) is 1.53. The number of ketones is 2. The van der Waals surface area contributed by atoms with Gasteiger partial charge in [-0.15, -0.1) is 0 Å². The molecular formula is C15H15IO2. The molecule has 2 nitrogen and oxygen atoms in total. The summed E-state index contributed by atoms with van der Waals surface area (Å²) in [7, 11) is 0. The fraction of sp³-hybridized carbons (Fsp3) is 0.333. The molecule has 1 aliphatic carbocycles. The summed E-state index contributed by atoms with van der Waals surface area (Å²) in [6, 6.07) is 9.72. The van der Waals surface area contributed by atoms with E-state index in [2.05, 4.69) is 22.6 Å². The van der Waals surface area contributed by atoms with Crippen molar-refractivity contribution in [2.24, 2.45) is 5.41 Å². The quantitative estimate of drug-likeness (QED) is 0.611. The minimum absolute atomic E-state index is 0.0308. The predicted molar refractivity (Wildman–Crippen MR) is 80.4 cm³/mol. The van der Waals surface area contributed by atoms with Crippen molar-refractivity contribution >= 4 is 39.7 Å². The van der Waals surface area contributed by atoms with Crippen LogP contribution in [0.3, 0.4) is 0 Å². The van der Waals surface area contributed by atoms with E-state index in [1.807, 2.05) is 34.4 Å². The van der Waals surface area contributed by atoms with Crippen LogP contribution in [0.4, 0.5) is 0 Å². The standard InChI is InChI=1S/C15H15IO2/c1-11(17)15(9-5-8-14(15)18)13(10-16)12-6-3-2-4-7-12/h2-4,6-7,10H,5,8-9H2,1H3/b13-10+. The maximum atomic E-state index is 12.2. The van der Waals surface area contributed by atoms with Crippen molar-refractivity contribution in [3.63, 3.8) is 0 Å². The Morgan fingerprint density at radius 2 is 2.00 bits per heavy atom. The predicted octanol–water partition coefficient (Wildman–Crippen LogP) is 3.79. The molecule has 2 rings (SSSR count). The number of benzene rings is 1. The van der Waals surface area contributed by atoms with Gasteiger partial charge in [-0.1, -0.05) is 52.9 Å². The lowest BCUT2D eigenvalue weighted by Gasteiger charge is -2.27. The first kappa shape index (κ1) is 13.5. The number of carbonyl (C=O) groups excluding carboxylic acids is 2. The molecule has 1 saturated carbocycles. The van der Waals surface area contributed by atoms with Gasteiger partial charge in [-0.05, 0) is 35.0 Å². The lowest BCUT2D eigenvalue weighted by molar-refractivity contribution is -0.133. The molecular weight excluding hydrogens is 339 g/mol. The van der Waals surface area contributed by atoms with Crippen LogP contribution in [0.1, 0.15) is 31.7 Å². The molecule has 1 aromatic carbocycles. The van der Waals surface area contributed by atoms with Crippen molar-refractivity contribution in [1.29, 1.82) is 0 Å². The zero-order chi connectivity index (χ0) is 13.2. The monoisotopic (exact) mass is 354 g/mol.